The Labute approximate surface area is 122 Å². The number of aryl methyl sites for hydroxylation is 2. The van der Waals surface area contributed by atoms with Crippen molar-refractivity contribution in [2.24, 2.45) is 0 Å². The highest BCUT2D eigenvalue weighted by Gasteiger charge is 2.22. The zero-order valence-electron chi connectivity index (χ0n) is 11.5. The molecule has 110 valence electrons. The normalized spacial score (nSPS) is 22.3. The molecule has 6 heteroatoms. The average Bonchev–Trinajstić information content (AvgIpc) is 2.90. The summed E-state index contributed by atoms with van der Waals surface area (Å²) in [4.78, 5) is 18.0. The van der Waals surface area contributed by atoms with Crippen LogP contribution < -0.4 is 5.32 Å². The molecule has 5 nitrogen and oxygen atoms in total. The highest BCUT2D eigenvalue weighted by atomic mass is 32.1. The van der Waals surface area contributed by atoms with Gasteiger partial charge in [0.2, 0.25) is 0 Å². The first-order valence-corrected chi connectivity index (χ1v) is 8.09. The summed E-state index contributed by atoms with van der Waals surface area (Å²) in [5.41, 5.74) is 1.28. The van der Waals surface area contributed by atoms with Crippen LogP contribution in [0.5, 0.6) is 0 Å². The molecule has 1 fully saturated rings. The zero-order chi connectivity index (χ0) is 13.8. The van der Waals surface area contributed by atoms with Crippen LogP contribution in [0.25, 0.3) is 0 Å². The van der Waals surface area contributed by atoms with E-state index in [0.717, 1.165) is 17.8 Å². The summed E-state index contributed by atoms with van der Waals surface area (Å²) in [6, 6.07) is 0. The summed E-state index contributed by atoms with van der Waals surface area (Å²) in [6.07, 6.45) is 5.18. The molecular weight excluding hydrogens is 276 g/mol. The van der Waals surface area contributed by atoms with E-state index < -0.39 is 6.10 Å². The molecule has 1 aliphatic carbocycles. The van der Waals surface area contributed by atoms with E-state index in [2.05, 4.69) is 10.3 Å². The van der Waals surface area contributed by atoms with Crippen molar-refractivity contribution in [3.8, 4) is 0 Å². The van der Waals surface area contributed by atoms with Gasteiger partial charge in [0.1, 0.15) is 0 Å². The molecule has 20 heavy (non-hydrogen) atoms. The van der Waals surface area contributed by atoms with E-state index >= 15 is 0 Å². The van der Waals surface area contributed by atoms with Crippen LogP contribution in [0.2, 0.25) is 0 Å². The Morgan fingerprint density at radius 3 is 3.05 bits per heavy atom. The Kier molecular flexibility index (Phi) is 4.65. The third-order valence-corrected chi connectivity index (χ3v) is 4.85. The van der Waals surface area contributed by atoms with Crippen LogP contribution in [0.3, 0.4) is 0 Å². The second kappa shape index (κ2) is 6.65. The molecule has 0 aromatic carbocycles. The molecule has 0 unspecified atom stereocenters. The fraction of sp³-hybridized carbons (Fsp3) is 0.714. The first-order chi connectivity index (χ1) is 9.83. The quantitative estimate of drug-likeness (QED) is 0.904. The van der Waals surface area contributed by atoms with Crippen molar-refractivity contribution < 1.29 is 14.3 Å². The molecule has 2 aliphatic rings. The summed E-state index contributed by atoms with van der Waals surface area (Å²) in [7, 11) is 0. The van der Waals surface area contributed by atoms with Crippen molar-refractivity contribution in [3.05, 3.63) is 15.6 Å². The van der Waals surface area contributed by atoms with Crippen molar-refractivity contribution >= 4 is 17.2 Å². The van der Waals surface area contributed by atoms with Crippen molar-refractivity contribution in [2.45, 2.75) is 38.2 Å². The number of hydrogen-bond acceptors (Lipinski definition) is 5. The number of amides is 1. The average molecular weight is 296 g/mol. The van der Waals surface area contributed by atoms with Gasteiger partial charge < -0.3 is 14.8 Å². The lowest BCUT2D eigenvalue weighted by molar-refractivity contribution is -0.147. The number of carbonyl (C=O) groups excluding carboxylic acids is 1. The van der Waals surface area contributed by atoms with E-state index in [1.54, 1.807) is 11.3 Å². The van der Waals surface area contributed by atoms with Crippen LogP contribution in [0.1, 0.15) is 28.4 Å². The summed E-state index contributed by atoms with van der Waals surface area (Å²) < 4.78 is 10.6. The maximum absolute atomic E-state index is 11.8. The number of fused-ring (bicyclic) bond motifs is 1. The number of rotatable bonds is 4. The lowest BCUT2D eigenvalue weighted by atomic mass is 10.0. The van der Waals surface area contributed by atoms with E-state index in [1.807, 2.05) is 0 Å². The number of hydrogen-bond donors (Lipinski definition) is 1. The van der Waals surface area contributed by atoms with Gasteiger partial charge >= 0.3 is 0 Å². The second-order valence-electron chi connectivity index (χ2n) is 5.16. The van der Waals surface area contributed by atoms with Crippen LogP contribution in [-0.2, 0) is 33.5 Å². The number of thiazole rings is 1. The Hall–Kier alpha value is -0.980. The molecule has 1 aliphatic heterocycles. The van der Waals surface area contributed by atoms with Gasteiger partial charge in [0, 0.05) is 17.8 Å². The van der Waals surface area contributed by atoms with Crippen LogP contribution in [0.15, 0.2) is 0 Å². The number of aromatic nitrogens is 1. The maximum Gasteiger partial charge on any atom is 0.251 e. The van der Waals surface area contributed by atoms with E-state index in [-0.39, 0.29) is 5.91 Å². The lowest BCUT2D eigenvalue weighted by Crippen LogP contribution is -2.43. The minimum atomic E-state index is -0.451. The highest BCUT2D eigenvalue weighted by molar-refractivity contribution is 7.11. The van der Waals surface area contributed by atoms with Crippen molar-refractivity contribution in [1.29, 1.82) is 0 Å². The smallest absolute Gasteiger partial charge is 0.251 e. The standard InChI is InChI=1S/C14H20N2O3S/c17-14(11-9-18-7-8-19-11)15-6-5-13-16-10-3-1-2-4-12(10)20-13/h11H,1-9H2,(H,15,17)/t11-/m1/s1. The molecule has 0 bridgehead atoms. The first kappa shape index (κ1) is 14.0. The van der Waals surface area contributed by atoms with Gasteiger partial charge in [-0.05, 0) is 25.7 Å². The summed E-state index contributed by atoms with van der Waals surface area (Å²) in [5, 5.41) is 4.04. The third kappa shape index (κ3) is 3.37. The van der Waals surface area contributed by atoms with Gasteiger partial charge in [-0.15, -0.1) is 11.3 Å². The number of nitrogens with one attached hydrogen (secondary N) is 1. The molecular formula is C14H20N2O3S. The van der Waals surface area contributed by atoms with Gasteiger partial charge in [-0.1, -0.05) is 0 Å². The van der Waals surface area contributed by atoms with E-state index in [9.17, 15) is 4.79 Å². The second-order valence-corrected chi connectivity index (χ2v) is 6.33. The minimum absolute atomic E-state index is 0.0778. The monoisotopic (exact) mass is 296 g/mol. The van der Waals surface area contributed by atoms with Crippen molar-refractivity contribution in [3.63, 3.8) is 0 Å². The zero-order valence-corrected chi connectivity index (χ0v) is 12.3. The fourth-order valence-corrected chi connectivity index (χ4v) is 3.71. The van der Waals surface area contributed by atoms with Crippen LogP contribution >= 0.6 is 11.3 Å². The molecule has 1 amide bonds. The largest absolute Gasteiger partial charge is 0.376 e. The predicted octanol–water partition coefficient (Wildman–Crippen LogP) is 1.10. The van der Waals surface area contributed by atoms with Crippen LogP contribution in [-0.4, -0.2) is 43.4 Å². The predicted molar refractivity (Wildman–Crippen MR) is 76.0 cm³/mol. The maximum atomic E-state index is 11.8. The fourth-order valence-electron chi connectivity index (χ4n) is 2.56. The van der Waals surface area contributed by atoms with Gasteiger partial charge in [0.05, 0.1) is 30.5 Å². The molecule has 1 atom stereocenters. The van der Waals surface area contributed by atoms with Crippen LogP contribution in [0.4, 0.5) is 0 Å². The SMILES string of the molecule is O=C(NCCc1nc2c(s1)CCCC2)[C@H]1COCCO1. The Morgan fingerprint density at radius 1 is 1.35 bits per heavy atom. The van der Waals surface area contributed by atoms with Gasteiger partial charge in [-0.3, -0.25) is 4.79 Å². The van der Waals surface area contributed by atoms with E-state index in [1.165, 1.54) is 29.8 Å². The molecule has 3 rings (SSSR count). The van der Waals surface area contributed by atoms with Crippen molar-refractivity contribution in [1.82, 2.24) is 10.3 Å². The van der Waals surface area contributed by atoms with Gasteiger partial charge in [-0.2, -0.15) is 0 Å². The Balaban J connectivity index is 1.45. The Morgan fingerprint density at radius 2 is 2.25 bits per heavy atom. The number of carbonyl (C=O) groups is 1. The third-order valence-electron chi connectivity index (χ3n) is 3.64. The van der Waals surface area contributed by atoms with Crippen LogP contribution in [0, 0.1) is 0 Å². The van der Waals surface area contributed by atoms with Crippen molar-refractivity contribution in [2.75, 3.05) is 26.4 Å². The van der Waals surface area contributed by atoms with Gasteiger partial charge in [0.15, 0.2) is 6.10 Å². The molecule has 1 aromatic heterocycles. The number of nitrogens with zero attached hydrogens (tertiary/aromatic N) is 1. The van der Waals surface area contributed by atoms with Gasteiger partial charge in [-0.25, -0.2) is 4.98 Å². The summed E-state index contributed by atoms with van der Waals surface area (Å²) >= 11 is 1.80. The molecule has 0 radical (unpaired) electrons. The molecule has 0 saturated carbocycles. The topological polar surface area (TPSA) is 60.5 Å². The lowest BCUT2D eigenvalue weighted by Gasteiger charge is -2.21. The van der Waals surface area contributed by atoms with E-state index in [0.29, 0.717) is 26.4 Å². The first-order valence-electron chi connectivity index (χ1n) is 7.27. The van der Waals surface area contributed by atoms with Gasteiger partial charge in [0.25, 0.3) is 5.91 Å². The molecule has 1 N–H and O–H groups in total. The molecule has 2 heterocycles. The minimum Gasteiger partial charge on any atom is -0.376 e. The molecule has 1 saturated heterocycles. The summed E-state index contributed by atoms with van der Waals surface area (Å²) in [6.45, 7) is 2.05. The molecule has 1 aromatic rings. The summed E-state index contributed by atoms with van der Waals surface area (Å²) in [5.74, 6) is -0.0778. The molecule has 0 spiro atoms. The number of ether oxygens (including phenoxy) is 2. The van der Waals surface area contributed by atoms with E-state index in [4.69, 9.17) is 9.47 Å². The Bertz CT molecular complexity index is 445. The highest BCUT2D eigenvalue weighted by Crippen LogP contribution is 2.26.